The molecule has 4 nitrogen and oxygen atoms in total. The Balaban J connectivity index is 2.55. The van der Waals surface area contributed by atoms with Gasteiger partial charge in [0, 0.05) is 11.5 Å². The molecule has 86 valence electrons. The van der Waals surface area contributed by atoms with E-state index in [1.165, 1.54) is 0 Å². The maximum atomic E-state index is 11.1. The minimum absolute atomic E-state index is 0.00635. The van der Waals surface area contributed by atoms with Gasteiger partial charge in [-0.1, -0.05) is 25.4 Å². The third kappa shape index (κ3) is 2.02. The monoisotopic (exact) mass is 240 g/mol. The van der Waals surface area contributed by atoms with Gasteiger partial charge in [-0.15, -0.1) is 0 Å². The zero-order valence-electron chi connectivity index (χ0n) is 9.20. The molecule has 0 spiro atoms. The fourth-order valence-corrected chi connectivity index (χ4v) is 2.05. The van der Waals surface area contributed by atoms with E-state index in [1.807, 2.05) is 13.8 Å². The van der Waals surface area contributed by atoms with Crippen molar-refractivity contribution in [2.24, 2.45) is 0 Å². The van der Waals surface area contributed by atoms with Gasteiger partial charge in [0.25, 0.3) is 0 Å². The Morgan fingerprint density at radius 3 is 2.50 bits per heavy atom. The Morgan fingerprint density at radius 2 is 2.06 bits per heavy atom. The summed E-state index contributed by atoms with van der Waals surface area (Å²) in [6.07, 6.45) is 2.05. The van der Waals surface area contributed by atoms with E-state index >= 15 is 0 Å². The number of halogens is 1. The molecule has 1 aromatic rings. The molecule has 0 aromatic carbocycles. The van der Waals surface area contributed by atoms with Gasteiger partial charge in [-0.3, -0.25) is 0 Å². The van der Waals surface area contributed by atoms with E-state index in [4.69, 9.17) is 16.7 Å². The second-order valence-electron chi connectivity index (χ2n) is 4.37. The van der Waals surface area contributed by atoms with Gasteiger partial charge in [-0.05, 0) is 18.8 Å². The molecule has 1 heterocycles. The lowest BCUT2D eigenvalue weighted by Gasteiger charge is -2.11. The predicted molar refractivity (Wildman–Crippen MR) is 60.1 cm³/mol. The zero-order chi connectivity index (χ0) is 11.9. The molecule has 1 aliphatic rings. The van der Waals surface area contributed by atoms with E-state index in [0.717, 1.165) is 12.8 Å². The van der Waals surface area contributed by atoms with Gasteiger partial charge < -0.3 is 5.11 Å². The van der Waals surface area contributed by atoms with Crippen LogP contribution >= 0.6 is 11.6 Å². The molecular weight excluding hydrogens is 228 g/mol. The molecule has 0 bridgehead atoms. The molecule has 0 atom stereocenters. The summed E-state index contributed by atoms with van der Waals surface area (Å²) in [4.78, 5) is 19.4. The number of hydrogen-bond acceptors (Lipinski definition) is 3. The number of carboxylic acids is 1. The third-order valence-corrected chi connectivity index (χ3v) is 2.93. The largest absolute Gasteiger partial charge is 0.476 e. The quantitative estimate of drug-likeness (QED) is 0.826. The van der Waals surface area contributed by atoms with Crippen molar-refractivity contribution in [3.05, 3.63) is 22.2 Å². The van der Waals surface area contributed by atoms with Crippen molar-refractivity contribution in [1.29, 1.82) is 0 Å². The molecule has 1 aliphatic carbocycles. The van der Waals surface area contributed by atoms with Crippen molar-refractivity contribution in [2.45, 2.75) is 38.5 Å². The normalized spacial score (nSPS) is 15.5. The van der Waals surface area contributed by atoms with Gasteiger partial charge in [-0.2, -0.15) is 0 Å². The van der Waals surface area contributed by atoms with Crippen molar-refractivity contribution in [2.75, 3.05) is 0 Å². The van der Waals surface area contributed by atoms with Crippen molar-refractivity contribution >= 4 is 17.6 Å². The van der Waals surface area contributed by atoms with Crippen LogP contribution in [0.25, 0.3) is 0 Å². The highest BCUT2D eigenvalue weighted by Crippen LogP contribution is 2.39. The van der Waals surface area contributed by atoms with Crippen LogP contribution in [0.3, 0.4) is 0 Å². The minimum Gasteiger partial charge on any atom is -0.476 e. The van der Waals surface area contributed by atoms with Crippen LogP contribution in [-0.2, 0) is 0 Å². The van der Waals surface area contributed by atoms with Crippen LogP contribution < -0.4 is 0 Å². The van der Waals surface area contributed by atoms with E-state index in [1.54, 1.807) is 0 Å². The number of aromatic nitrogens is 2. The lowest BCUT2D eigenvalue weighted by molar-refractivity contribution is 0.0688. The van der Waals surface area contributed by atoms with Gasteiger partial charge >= 0.3 is 5.97 Å². The van der Waals surface area contributed by atoms with Gasteiger partial charge in [0.05, 0.1) is 0 Å². The third-order valence-electron chi connectivity index (χ3n) is 2.64. The van der Waals surface area contributed by atoms with Gasteiger partial charge in [-0.25, -0.2) is 14.8 Å². The predicted octanol–water partition coefficient (Wildman–Crippen LogP) is 2.83. The first-order valence-electron chi connectivity index (χ1n) is 5.31. The fraction of sp³-hybridized carbons (Fsp3) is 0.545. The van der Waals surface area contributed by atoms with Crippen LogP contribution in [0.2, 0.25) is 5.15 Å². The Kier molecular flexibility index (Phi) is 2.84. The van der Waals surface area contributed by atoms with Crippen molar-refractivity contribution in [1.82, 2.24) is 9.97 Å². The average molecular weight is 241 g/mol. The summed E-state index contributed by atoms with van der Waals surface area (Å²) in [6, 6.07) is 0. The Morgan fingerprint density at radius 1 is 1.44 bits per heavy atom. The van der Waals surface area contributed by atoms with E-state index in [0.29, 0.717) is 17.3 Å². The summed E-state index contributed by atoms with van der Waals surface area (Å²) in [5.74, 6) is -0.148. The second-order valence-corrected chi connectivity index (χ2v) is 4.73. The molecule has 0 amide bonds. The Labute approximate surface area is 98.7 Å². The average Bonchev–Trinajstić information content (AvgIpc) is 2.98. The summed E-state index contributed by atoms with van der Waals surface area (Å²) < 4.78 is 0. The molecule has 0 aliphatic heterocycles. The van der Waals surface area contributed by atoms with E-state index in [9.17, 15) is 4.79 Å². The Bertz CT molecular complexity index is 442. The van der Waals surface area contributed by atoms with E-state index < -0.39 is 5.97 Å². The van der Waals surface area contributed by atoms with Gasteiger partial charge in [0.1, 0.15) is 11.0 Å². The molecule has 0 radical (unpaired) electrons. The van der Waals surface area contributed by atoms with Gasteiger partial charge in [0.2, 0.25) is 0 Å². The second kappa shape index (κ2) is 4.01. The molecule has 0 saturated heterocycles. The molecule has 1 saturated carbocycles. The first-order chi connectivity index (χ1) is 7.50. The number of carbonyl (C=O) groups is 1. The fourth-order valence-electron chi connectivity index (χ4n) is 1.66. The van der Waals surface area contributed by atoms with Crippen molar-refractivity contribution < 1.29 is 9.90 Å². The number of aromatic carboxylic acids is 1. The standard InChI is InChI=1S/C11H13ClN2O2/c1-5(2)7-8(11(15)16)13-10(6-3-4-6)14-9(7)12/h5-6H,3-4H2,1-2H3,(H,15,16). The summed E-state index contributed by atoms with van der Waals surface area (Å²) in [5, 5.41) is 9.40. The molecule has 16 heavy (non-hydrogen) atoms. The lowest BCUT2D eigenvalue weighted by Crippen LogP contribution is -2.11. The molecule has 1 aromatic heterocycles. The highest BCUT2D eigenvalue weighted by Gasteiger charge is 2.30. The van der Waals surface area contributed by atoms with Crippen LogP contribution in [0.5, 0.6) is 0 Å². The maximum absolute atomic E-state index is 11.1. The molecule has 1 N–H and O–H groups in total. The summed E-state index contributed by atoms with van der Waals surface area (Å²) in [7, 11) is 0. The molecule has 5 heteroatoms. The summed E-state index contributed by atoms with van der Waals surface area (Å²) >= 11 is 6.03. The molecule has 0 unspecified atom stereocenters. The van der Waals surface area contributed by atoms with E-state index in [-0.39, 0.29) is 16.8 Å². The van der Waals surface area contributed by atoms with Crippen LogP contribution in [0.15, 0.2) is 0 Å². The lowest BCUT2D eigenvalue weighted by atomic mass is 10.0. The highest BCUT2D eigenvalue weighted by molar-refractivity contribution is 6.30. The van der Waals surface area contributed by atoms with Crippen LogP contribution in [0, 0.1) is 0 Å². The Hall–Kier alpha value is -1.16. The zero-order valence-corrected chi connectivity index (χ0v) is 9.95. The number of carboxylic acid groups (broad SMARTS) is 1. The van der Waals surface area contributed by atoms with Crippen molar-refractivity contribution in [3.63, 3.8) is 0 Å². The molecule has 1 fully saturated rings. The number of nitrogens with zero attached hydrogens (tertiary/aromatic N) is 2. The number of rotatable bonds is 3. The molecule has 2 rings (SSSR count). The smallest absolute Gasteiger partial charge is 0.354 e. The maximum Gasteiger partial charge on any atom is 0.354 e. The first kappa shape index (κ1) is 11.3. The highest BCUT2D eigenvalue weighted by atomic mass is 35.5. The van der Waals surface area contributed by atoms with Crippen LogP contribution in [-0.4, -0.2) is 21.0 Å². The van der Waals surface area contributed by atoms with Gasteiger partial charge in [0.15, 0.2) is 5.69 Å². The SMILES string of the molecule is CC(C)c1c(Cl)nc(C2CC2)nc1C(=O)O. The first-order valence-corrected chi connectivity index (χ1v) is 5.69. The van der Waals surface area contributed by atoms with E-state index in [2.05, 4.69) is 9.97 Å². The van der Waals surface area contributed by atoms with Crippen molar-refractivity contribution in [3.8, 4) is 0 Å². The summed E-state index contributed by atoms with van der Waals surface area (Å²) in [6.45, 7) is 3.77. The summed E-state index contributed by atoms with van der Waals surface area (Å²) in [5.41, 5.74) is 0.579. The van der Waals surface area contributed by atoms with Crippen LogP contribution in [0.1, 0.15) is 60.4 Å². The van der Waals surface area contributed by atoms with Crippen LogP contribution in [0.4, 0.5) is 0 Å². The topological polar surface area (TPSA) is 63.1 Å². The number of hydrogen-bond donors (Lipinski definition) is 1. The molecular formula is C11H13ClN2O2. The minimum atomic E-state index is -1.03.